The van der Waals surface area contributed by atoms with Gasteiger partial charge in [-0.3, -0.25) is 14.5 Å². The highest BCUT2D eigenvalue weighted by atomic mass is 19.1. The molecule has 1 N–H and O–H groups in total. The monoisotopic (exact) mass is 414 g/mol. The van der Waals surface area contributed by atoms with E-state index in [4.69, 9.17) is 0 Å². The van der Waals surface area contributed by atoms with Gasteiger partial charge >= 0.3 is 0 Å². The zero-order chi connectivity index (χ0) is 21.7. The molecule has 160 valence electrons. The molecule has 4 nitrogen and oxygen atoms in total. The first-order valence-electron chi connectivity index (χ1n) is 10.4. The van der Waals surface area contributed by atoms with Crippen molar-refractivity contribution in [2.75, 3.05) is 25.0 Å². The Morgan fingerprint density at radius 3 is 2.37 bits per heavy atom. The third-order valence-corrected chi connectivity index (χ3v) is 5.41. The minimum atomic E-state index is -0.673. The average molecular weight is 414 g/mol. The number of rotatable bonds is 7. The molecule has 3 rings (SSSR count). The molecule has 0 spiro atoms. The lowest BCUT2D eigenvalue weighted by Crippen LogP contribution is -2.40. The molecule has 0 unspecified atom stereocenters. The molecule has 0 aromatic heterocycles. The molecule has 1 saturated heterocycles. The first-order valence-corrected chi connectivity index (χ1v) is 10.4. The first kappa shape index (κ1) is 22.1. The maximum Gasteiger partial charge on any atom is 0.238 e. The summed E-state index contributed by atoms with van der Waals surface area (Å²) in [6.07, 6.45) is 2.34. The standard InChI is InChI=1S/C24H28F2N2O2/c1-16(2)13-17-3-5-18(6-4-17)24(30)19-9-11-28(12-10-19)15-23(29)27-22-14-20(25)7-8-21(22)26/h3-8,14,16,19H,9-13,15H2,1-2H3,(H,27,29). The molecule has 1 heterocycles. The van der Waals surface area contributed by atoms with Gasteiger partial charge in [0.2, 0.25) is 5.91 Å². The highest BCUT2D eigenvalue weighted by molar-refractivity contribution is 5.98. The maximum atomic E-state index is 13.7. The van der Waals surface area contributed by atoms with E-state index in [9.17, 15) is 18.4 Å². The lowest BCUT2D eigenvalue weighted by Gasteiger charge is -2.30. The number of hydrogen-bond acceptors (Lipinski definition) is 3. The fourth-order valence-corrected chi connectivity index (χ4v) is 3.85. The number of nitrogens with one attached hydrogen (secondary N) is 1. The van der Waals surface area contributed by atoms with Gasteiger partial charge in [-0.05, 0) is 56.0 Å². The van der Waals surface area contributed by atoms with E-state index >= 15 is 0 Å². The Bertz CT molecular complexity index is 889. The van der Waals surface area contributed by atoms with E-state index in [-0.39, 0.29) is 23.9 Å². The van der Waals surface area contributed by atoms with Crippen LogP contribution >= 0.6 is 0 Å². The smallest absolute Gasteiger partial charge is 0.238 e. The molecule has 1 fully saturated rings. The van der Waals surface area contributed by atoms with E-state index in [0.717, 1.165) is 30.2 Å². The Balaban J connectivity index is 1.48. The molecule has 0 aliphatic carbocycles. The number of nitrogens with zero attached hydrogens (tertiary/aromatic N) is 1. The highest BCUT2D eigenvalue weighted by Gasteiger charge is 2.26. The van der Waals surface area contributed by atoms with E-state index in [1.165, 1.54) is 5.56 Å². The van der Waals surface area contributed by atoms with Gasteiger partial charge in [-0.1, -0.05) is 38.1 Å². The van der Waals surface area contributed by atoms with Crippen LogP contribution < -0.4 is 5.32 Å². The average Bonchev–Trinajstić information content (AvgIpc) is 2.71. The van der Waals surface area contributed by atoms with Crippen LogP contribution in [-0.2, 0) is 11.2 Å². The lowest BCUT2D eigenvalue weighted by molar-refractivity contribution is -0.117. The number of carbonyl (C=O) groups is 2. The van der Waals surface area contributed by atoms with Crippen LogP contribution in [0.1, 0.15) is 42.6 Å². The van der Waals surface area contributed by atoms with Crippen molar-refractivity contribution in [3.05, 3.63) is 65.2 Å². The summed E-state index contributed by atoms with van der Waals surface area (Å²) in [4.78, 5) is 26.9. The number of carbonyl (C=O) groups excluding carboxylic acids is 2. The second kappa shape index (κ2) is 9.94. The molecular formula is C24H28F2N2O2. The van der Waals surface area contributed by atoms with Gasteiger partial charge in [-0.2, -0.15) is 0 Å². The fourth-order valence-electron chi connectivity index (χ4n) is 3.85. The summed E-state index contributed by atoms with van der Waals surface area (Å²) < 4.78 is 26.9. The van der Waals surface area contributed by atoms with Crippen molar-refractivity contribution in [1.29, 1.82) is 0 Å². The summed E-state index contributed by atoms with van der Waals surface area (Å²) in [7, 11) is 0. The van der Waals surface area contributed by atoms with Gasteiger partial charge in [0.05, 0.1) is 12.2 Å². The molecule has 0 atom stereocenters. The SMILES string of the molecule is CC(C)Cc1ccc(C(=O)C2CCN(CC(=O)Nc3cc(F)ccc3F)CC2)cc1. The van der Waals surface area contributed by atoms with E-state index in [0.29, 0.717) is 31.8 Å². The van der Waals surface area contributed by atoms with Gasteiger partial charge in [0.1, 0.15) is 11.6 Å². The summed E-state index contributed by atoms with van der Waals surface area (Å²) in [5.41, 5.74) is 1.81. The Hall–Kier alpha value is -2.60. The van der Waals surface area contributed by atoms with Gasteiger partial charge in [0.15, 0.2) is 5.78 Å². The van der Waals surface area contributed by atoms with Crippen molar-refractivity contribution in [1.82, 2.24) is 4.90 Å². The summed E-state index contributed by atoms with van der Waals surface area (Å²) in [5.74, 6) is -1.01. The summed E-state index contributed by atoms with van der Waals surface area (Å²) >= 11 is 0. The molecule has 0 saturated carbocycles. The molecule has 2 aromatic rings. The van der Waals surface area contributed by atoms with Crippen molar-refractivity contribution in [3.63, 3.8) is 0 Å². The minimum Gasteiger partial charge on any atom is -0.322 e. The molecular weight excluding hydrogens is 386 g/mol. The number of amides is 1. The van der Waals surface area contributed by atoms with Crippen molar-refractivity contribution in [2.45, 2.75) is 33.1 Å². The number of hydrogen-bond donors (Lipinski definition) is 1. The van der Waals surface area contributed by atoms with Crippen LogP contribution in [0.4, 0.5) is 14.5 Å². The summed E-state index contributed by atoms with van der Waals surface area (Å²) in [5, 5.41) is 2.41. The molecule has 0 bridgehead atoms. The van der Waals surface area contributed by atoms with Crippen molar-refractivity contribution < 1.29 is 18.4 Å². The number of likely N-dealkylation sites (tertiary alicyclic amines) is 1. The minimum absolute atomic E-state index is 0.0547. The van der Waals surface area contributed by atoms with Gasteiger partial charge in [0.25, 0.3) is 0 Å². The number of piperidine rings is 1. The van der Waals surface area contributed by atoms with Crippen molar-refractivity contribution in [3.8, 4) is 0 Å². The van der Waals surface area contributed by atoms with Crippen LogP contribution in [0.25, 0.3) is 0 Å². The summed E-state index contributed by atoms with van der Waals surface area (Å²) in [6, 6.07) is 10.8. The molecule has 1 amide bonds. The first-order chi connectivity index (χ1) is 14.3. The fraction of sp³-hybridized carbons (Fsp3) is 0.417. The number of halogens is 2. The van der Waals surface area contributed by atoms with Crippen LogP contribution in [0.3, 0.4) is 0 Å². The van der Waals surface area contributed by atoms with Crippen LogP contribution in [0, 0.1) is 23.5 Å². The van der Waals surface area contributed by atoms with Gasteiger partial charge in [0, 0.05) is 17.5 Å². The van der Waals surface area contributed by atoms with Crippen molar-refractivity contribution >= 4 is 17.4 Å². The van der Waals surface area contributed by atoms with E-state index in [1.54, 1.807) is 0 Å². The Morgan fingerprint density at radius 1 is 1.07 bits per heavy atom. The topological polar surface area (TPSA) is 49.4 Å². The molecule has 2 aromatic carbocycles. The highest BCUT2D eigenvalue weighted by Crippen LogP contribution is 2.23. The largest absolute Gasteiger partial charge is 0.322 e. The third kappa shape index (κ3) is 5.95. The Labute approximate surface area is 176 Å². The lowest BCUT2D eigenvalue weighted by atomic mass is 9.88. The van der Waals surface area contributed by atoms with E-state index in [1.807, 2.05) is 29.2 Å². The zero-order valence-electron chi connectivity index (χ0n) is 17.5. The molecule has 30 heavy (non-hydrogen) atoms. The van der Waals surface area contributed by atoms with E-state index < -0.39 is 17.5 Å². The number of anilines is 1. The maximum absolute atomic E-state index is 13.7. The van der Waals surface area contributed by atoms with Gasteiger partial charge in [-0.25, -0.2) is 8.78 Å². The van der Waals surface area contributed by atoms with Gasteiger partial charge in [-0.15, -0.1) is 0 Å². The molecule has 1 aliphatic rings. The van der Waals surface area contributed by atoms with Crippen LogP contribution in [0.5, 0.6) is 0 Å². The summed E-state index contributed by atoms with van der Waals surface area (Å²) in [6.45, 7) is 5.64. The predicted molar refractivity (Wildman–Crippen MR) is 113 cm³/mol. The zero-order valence-corrected chi connectivity index (χ0v) is 17.5. The predicted octanol–water partition coefficient (Wildman–Crippen LogP) is 4.70. The second-order valence-electron chi connectivity index (χ2n) is 8.38. The number of benzene rings is 2. The van der Waals surface area contributed by atoms with E-state index in [2.05, 4.69) is 19.2 Å². The number of Topliss-reactive ketones (excluding diaryl/α,β-unsaturated/α-hetero) is 1. The number of ketones is 1. The molecule has 0 radical (unpaired) electrons. The molecule has 6 heteroatoms. The third-order valence-electron chi connectivity index (χ3n) is 5.41. The van der Waals surface area contributed by atoms with Gasteiger partial charge < -0.3 is 5.32 Å². The van der Waals surface area contributed by atoms with Crippen LogP contribution in [0.2, 0.25) is 0 Å². The second-order valence-corrected chi connectivity index (χ2v) is 8.38. The van der Waals surface area contributed by atoms with Crippen molar-refractivity contribution in [2.24, 2.45) is 11.8 Å². The Morgan fingerprint density at radius 2 is 1.73 bits per heavy atom. The normalized spacial score (nSPS) is 15.4. The Kier molecular flexibility index (Phi) is 7.32. The van der Waals surface area contributed by atoms with Crippen LogP contribution in [-0.4, -0.2) is 36.2 Å². The van der Waals surface area contributed by atoms with Crippen LogP contribution in [0.15, 0.2) is 42.5 Å². The molecule has 1 aliphatic heterocycles. The quantitative estimate of drug-likeness (QED) is 0.669.